The Kier molecular flexibility index (Phi) is 3.73. The van der Waals surface area contributed by atoms with Crippen molar-refractivity contribution in [3.05, 3.63) is 47.0 Å². The Bertz CT molecular complexity index is 858. The first-order chi connectivity index (χ1) is 10.5. The normalized spacial score (nSPS) is 10.8. The standard InChI is InChI=1S/C16H13ClN2O3/c1-9-2-4-12-13(6-9)19-16(18-12)11-7-10(17)3-5-14(11)22-8-15(20)21/h2-7H,8H2,1H3,(H,18,19)(H,20,21). The van der Waals surface area contributed by atoms with E-state index in [1.807, 2.05) is 25.1 Å². The zero-order valence-electron chi connectivity index (χ0n) is 11.8. The highest BCUT2D eigenvalue weighted by Crippen LogP contribution is 2.32. The maximum absolute atomic E-state index is 10.7. The lowest BCUT2D eigenvalue weighted by Gasteiger charge is -2.08. The van der Waals surface area contributed by atoms with Crippen molar-refractivity contribution in [3.63, 3.8) is 0 Å². The molecule has 0 atom stereocenters. The Morgan fingerprint density at radius 1 is 1.32 bits per heavy atom. The van der Waals surface area contributed by atoms with Crippen LogP contribution in [-0.4, -0.2) is 27.7 Å². The van der Waals surface area contributed by atoms with Crippen molar-refractivity contribution in [2.75, 3.05) is 6.61 Å². The molecular weight excluding hydrogens is 304 g/mol. The number of carboxylic acids is 1. The molecule has 0 saturated carbocycles. The molecule has 2 aromatic carbocycles. The number of rotatable bonds is 4. The second kappa shape index (κ2) is 5.69. The van der Waals surface area contributed by atoms with Crippen molar-refractivity contribution >= 4 is 28.6 Å². The summed E-state index contributed by atoms with van der Waals surface area (Å²) >= 11 is 6.04. The predicted molar refractivity (Wildman–Crippen MR) is 84.4 cm³/mol. The van der Waals surface area contributed by atoms with Crippen LogP contribution in [0, 0.1) is 6.92 Å². The van der Waals surface area contributed by atoms with Gasteiger partial charge in [-0.2, -0.15) is 0 Å². The number of nitrogens with zero attached hydrogens (tertiary/aromatic N) is 1. The number of nitrogens with one attached hydrogen (secondary N) is 1. The Morgan fingerprint density at radius 3 is 2.91 bits per heavy atom. The Hall–Kier alpha value is -2.53. The van der Waals surface area contributed by atoms with Crippen molar-refractivity contribution < 1.29 is 14.6 Å². The average molecular weight is 317 g/mol. The van der Waals surface area contributed by atoms with Gasteiger partial charge < -0.3 is 14.8 Å². The molecule has 3 rings (SSSR count). The molecule has 3 aromatic rings. The van der Waals surface area contributed by atoms with Gasteiger partial charge in [0.05, 0.1) is 16.6 Å². The smallest absolute Gasteiger partial charge is 0.341 e. The van der Waals surface area contributed by atoms with Crippen molar-refractivity contribution in [1.82, 2.24) is 9.97 Å². The molecule has 0 bridgehead atoms. The predicted octanol–water partition coefficient (Wildman–Crippen LogP) is 3.66. The van der Waals surface area contributed by atoms with E-state index < -0.39 is 12.6 Å². The quantitative estimate of drug-likeness (QED) is 0.770. The van der Waals surface area contributed by atoms with E-state index in [2.05, 4.69) is 9.97 Å². The lowest BCUT2D eigenvalue weighted by molar-refractivity contribution is -0.139. The summed E-state index contributed by atoms with van der Waals surface area (Å²) in [7, 11) is 0. The molecule has 22 heavy (non-hydrogen) atoms. The number of aryl methyl sites for hydroxylation is 1. The van der Waals surface area contributed by atoms with E-state index in [-0.39, 0.29) is 0 Å². The maximum Gasteiger partial charge on any atom is 0.341 e. The van der Waals surface area contributed by atoms with Crippen LogP contribution in [0.3, 0.4) is 0 Å². The monoisotopic (exact) mass is 316 g/mol. The number of H-pyrrole nitrogens is 1. The van der Waals surface area contributed by atoms with Gasteiger partial charge in [0, 0.05) is 5.02 Å². The van der Waals surface area contributed by atoms with Crippen molar-refractivity contribution in [1.29, 1.82) is 0 Å². The van der Waals surface area contributed by atoms with Crippen LogP contribution in [0.25, 0.3) is 22.4 Å². The molecule has 2 N–H and O–H groups in total. The molecule has 0 saturated heterocycles. The highest BCUT2D eigenvalue weighted by Gasteiger charge is 2.13. The maximum atomic E-state index is 10.7. The average Bonchev–Trinajstić information content (AvgIpc) is 2.88. The van der Waals surface area contributed by atoms with Crippen LogP contribution < -0.4 is 4.74 Å². The summed E-state index contributed by atoms with van der Waals surface area (Å²) in [5.41, 5.74) is 3.47. The molecule has 6 heteroatoms. The third kappa shape index (κ3) is 2.89. The number of imidazole rings is 1. The molecule has 0 amide bonds. The highest BCUT2D eigenvalue weighted by molar-refractivity contribution is 6.30. The fourth-order valence-corrected chi connectivity index (χ4v) is 2.38. The first-order valence-corrected chi connectivity index (χ1v) is 7.01. The molecular formula is C16H13ClN2O3. The van der Waals surface area contributed by atoms with Gasteiger partial charge in [-0.25, -0.2) is 9.78 Å². The summed E-state index contributed by atoms with van der Waals surface area (Å²) in [6, 6.07) is 10.9. The fourth-order valence-electron chi connectivity index (χ4n) is 2.20. The van der Waals surface area contributed by atoms with Crippen LogP contribution in [0.2, 0.25) is 5.02 Å². The van der Waals surface area contributed by atoms with E-state index >= 15 is 0 Å². The van der Waals surface area contributed by atoms with E-state index in [1.165, 1.54) is 0 Å². The van der Waals surface area contributed by atoms with Gasteiger partial charge in [-0.1, -0.05) is 17.7 Å². The van der Waals surface area contributed by atoms with Gasteiger partial charge in [-0.15, -0.1) is 0 Å². The first-order valence-electron chi connectivity index (χ1n) is 6.64. The van der Waals surface area contributed by atoms with Crippen LogP contribution in [-0.2, 0) is 4.79 Å². The summed E-state index contributed by atoms with van der Waals surface area (Å²) in [6.45, 7) is 1.58. The summed E-state index contributed by atoms with van der Waals surface area (Å²) < 4.78 is 5.31. The minimum Gasteiger partial charge on any atom is -0.481 e. The number of aromatic amines is 1. The largest absolute Gasteiger partial charge is 0.481 e. The number of halogens is 1. The number of benzene rings is 2. The summed E-state index contributed by atoms with van der Waals surface area (Å²) in [5, 5.41) is 9.28. The van der Waals surface area contributed by atoms with E-state index in [9.17, 15) is 4.79 Å². The number of fused-ring (bicyclic) bond motifs is 1. The summed E-state index contributed by atoms with van der Waals surface area (Å²) in [4.78, 5) is 18.4. The number of aromatic nitrogens is 2. The fraction of sp³-hybridized carbons (Fsp3) is 0.125. The zero-order valence-corrected chi connectivity index (χ0v) is 12.5. The van der Waals surface area contributed by atoms with Gasteiger partial charge in [-0.05, 0) is 42.8 Å². The Morgan fingerprint density at radius 2 is 2.14 bits per heavy atom. The summed E-state index contributed by atoms with van der Waals surface area (Å²) in [6.07, 6.45) is 0. The number of carbonyl (C=O) groups is 1. The third-order valence-electron chi connectivity index (χ3n) is 3.19. The van der Waals surface area contributed by atoms with Crippen molar-refractivity contribution in [2.45, 2.75) is 6.92 Å². The molecule has 0 unspecified atom stereocenters. The molecule has 0 aliphatic carbocycles. The zero-order chi connectivity index (χ0) is 15.7. The number of hydrogen-bond donors (Lipinski definition) is 2. The van der Waals surface area contributed by atoms with Gasteiger partial charge in [-0.3, -0.25) is 0 Å². The third-order valence-corrected chi connectivity index (χ3v) is 3.42. The van der Waals surface area contributed by atoms with Crippen LogP contribution in [0.1, 0.15) is 5.56 Å². The van der Waals surface area contributed by atoms with Gasteiger partial charge in [0.1, 0.15) is 11.6 Å². The van der Waals surface area contributed by atoms with E-state index in [1.54, 1.807) is 18.2 Å². The SMILES string of the molecule is Cc1ccc2nc(-c3cc(Cl)ccc3OCC(=O)O)[nH]c2c1. The van der Waals surface area contributed by atoms with Gasteiger partial charge in [0.2, 0.25) is 0 Å². The summed E-state index contributed by atoms with van der Waals surface area (Å²) in [5.74, 6) is -0.0350. The van der Waals surface area contributed by atoms with Crippen molar-refractivity contribution in [2.24, 2.45) is 0 Å². The molecule has 1 aromatic heterocycles. The lowest BCUT2D eigenvalue weighted by atomic mass is 10.2. The second-order valence-electron chi connectivity index (χ2n) is 4.93. The van der Waals surface area contributed by atoms with E-state index in [0.717, 1.165) is 16.6 Å². The van der Waals surface area contributed by atoms with Crippen LogP contribution >= 0.6 is 11.6 Å². The van der Waals surface area contributed by atoms with E-state index in [0.29, 0.717) is 22.2 Å². The number of carboxylic acid groups (broad SMARTS) is 1. The van der Waals surface area contributed by atoms with Crippen molar-refractivity contribution in [3.8, 4) is 17.1 Å². The van der Waals surface area contributed by atoms with Crippen LogP contribution in [0.5, 0.6) is 5.75 Å². The second-order valence-corrected chi connectivity index (χ2v) is 5.37. The highest BCUT2D eigenvalue weighted by atomic mass is 35.5. The molecule has 0 spiro atoms. The van der Waals surface area contributed by atoms with Crippen LogP contribution in [0.15, 0.2) is 36.4 Å². The molecule has 0 radical (unpaired) electrons. The van der Waals surface area contributed by atoms with Crippen LogP contribution in [0.4, 0.5) is 0 Å². The van der Waals surface area contributed by atoms with E-state index in [4.69, 9.17) is 21.4 Å². The van der Waals surface area contributed by atoms with Gasteiger partial charge in [0.15, 0.2) is 6.61 Å². The molecule has 112 valence electrons. The Balaban J connectivity index is 2.07. The minimum absolute atomic E-state index is 0.419. The Labute approximate surface area is 131 Å². The molecule has 0 aliphatic heterocycles. The lowest BCUT2D eigenvalue weighted by Crippen LogP contribution is -2.10. The molecule has 0 fully saturated rings. The molecule has 5 nitrogen and oxygen atoms in total. The van der Waals surface area contributed by atoms with Gasteiger partial charge >= 0.3 is 5.97 Å². The minimum atomic E-state index is -1.04. The van der Waals surface area contributed by atoms with Gasteiger partial charge in [0.25, 0.3) is 0 Å². The number of ether oxygens (including phenoxy) is 1. The number of aliphatic carboxylic acids is 1. The molecule has 0 aliphatic rings. The first kappa shape index (κ1) is 14.4. The number of hydrogen-bond acceptors (Lipinski definition) is 3. The topological polar surface area (TPSA) is 75.2 Å². The molecule has 1 heterocycles.